The molecule has 0 radical (unpaired) electrons. The van der Waals surface area contributed by atoms with Crippen LogP contribution in [0.3, 0.4) is 0 Å². The van der Waals surface area contributed by atoms with Gasteiger partial charge in [-0.25, -0.2) is 4.68 Å². The number of aryl methyl sites for hydroxylation is 1. The lowest BCUT2D eigenvalue weighted by Gasteiger charge is -2.02. The smallest absolute Gasteiger partial charge is 0.303 e. The van der Waals surface area contributed by atoms with Gasteiger partial charge in [0.15, 0.2) is 0 Å². The van der Waals surface area contributed by atoms with Crippen LogP contribution in [0.2, 0.25) is 0 Å². The van der Waals surface area contributed by atoms with Crippen LogP contribution in [0.25, 0.3) is 0 Å². The molecular weight excluding hydrogens is 212 g/mol. The van der Waals surface area contributed by atoms with Gasteiger partial charge in [0.05, 0.1) is 0 Å². The van der Waals surface area contributed by atoms with E-state index in [-0.39, 0.29) is 12.3 Å². The SMILES string of the molecule is Cn1ncnc1NC(=O)CCCCC(=O)O. The second-order valence-electron chi connectivity index (χ2n) is 3.36. The Bertz CT molecular complexity index is 375. The van der Waals surface area contributed by atoms with Gasteiger partial charge in [-0.1, -0.05) is 0 Å². The second kappa shape index (κ2) is 5.84. The van der Waals surface area contributed by atoms with E-state index in [9.17, 15) is 9.59 Å². The van der Waals surface area contributed by atoms with Gasteiger partial charge in [-0.15, -0.1) is 0 Å². The van der Waals surface area contributed by atoms with Crippen molar-refractivity contribution in [3.63, 3.8) is 0 Å². The molecule has 1 amide bonds. The summed E-state index contributed by atoms with van der Waals surface area (Å²) in [6.45, 7) is 0. The summed E-state index contributed by atoms with van der Waals surface area (Å²) in [6, 6.07) is 0. The number of aliphatic carboxylic acids is 1. The van der Waals surface area contributed by atoms with Gasteiger partial charge >= 0.3 is 5.97 Å². The minimum absolute atomic E-state index is 0.0945. The molecular formula is C9H14N4O3. The zero-order chi connectivity index (χ0) is 12.0. The third-order valence-corrected chi connectivity index (χ3v) is 2.01. The van der Waals surface area contributed by atoms with E-state index in [2.05, 4.69) is 15.4 Å². The van der Waals surface area contributed by atoms with Crippen molar-refractivity contribution in [2.45, 2.75) is 25.7 Å². The van der Waals surface area contributed by atoms with Crippen LogP contribution in [0, 0.1) is 0 Å². The number of carboxylic acid groups (broad SMARTS) is 1. The molecule has 16 heavy (non-hydrogen) atoms. The number of rotatable bonds is 6. The number of nitrogens with zero attached hydrogens (tertiary/aromatic N) is 3. The fourth-order valence-corrected chi connectivity index (χ4v) is 1.16. The monoisotopic (exact) mass is 226 g/mol. The van der Waals surface area contributed by atoms with E-state index < -0.39 is 5.97 Å². The number of carboxylic acids is 1. The molecule has 7 nitrogen and oxygen atoms in total. The van der Waals surface area contributed by atoms with Gasteiger partial charge in [0.25, 0.3) is 0 Å². The Kier molecular flexibility index (Phi) is 4.43. The number of carbonyl (C=O) groups excluding carboxylic acids is 1. The van der Waals surface area contributed by atoms with E-state index in [0.29, 0.717) is 25.2 Å². The minimum atomic E-state index is -0.839. The summed E-state index contributed by atoms with van der Waals surface area (Å²) in [6.07, 6.45) is 2.79. The summed E-state index contributed by atoms with van der Waals surface area (Å²) in [4.78, 5) is 25.4. The summed E-state index contributed by atoms with van der Waals surface area (Å²) in [5.74, 6) is -0.626. The topological polar surface area (TPSA) is 97.1 Å². The van der Waals surface area contributed by atoms with Gasteiger partial charge in [0.1, 0.15) is 6.33 Å². The van der Waals surface area contributed by atoms with Crippen molar-refractivity contribution in [3.8, 4) is 0 Å². The fraction of sp³-hybridized carbons (Fsp3) is 0.556. The molecule has 0 spiro atoms. The van der Waals surface area contributed by atoms with E-state index in [1.165, 1.54) is 11.0 Å². The number of carbonyl (C=O) groups is 2. The molecule has 1 heterocycles. The molecule has 1 aromatic rings. The van der Waals surface area contributed by atoms with Crippen LogP contribution in [0.4, 0.5) is 5.95 Å². The van der Waals surface area contributed by atoms with Gasteiger partial charge < -0.3 is 5.11 Å². The predicted molar refractivity (Wildman–Crippen MR) is 55.7 cm³/mol. The van der Waals surface area contributed by atoms with Crippen LogP contribution in [0.15, 0.2) is 6.33 Å². The van der Waals surface area contributed by atoms with Crippen molar-refractivity contribution in [2.75, 3.05) is 5.32 Å². The van der Waals surface area contributed by atoms with Crippen molar-refractivity contribution < 1.29 is 14.7 Å². The molecule has 0 aromatic carbocycles. The van der Waals surface area contributed by atoms with Crippen molar-refractivity contribution >= 4 is 17.8 Å². The lowest BCUT2D eigenvalue weighted by atomic mass is 10.2. The number of hydrogen-bond donors (Lipinski definition) is 2. The summed E-state index contributed by atoms with van der Waals surface area (Å²) in [5.41, 5.74) is 0. The number of anilines is 1. The Labute approximate surface area is 92.5 Å². The Hall–Kier alpha value is -1.92. The van der Waals surface area contributed by atoms with Crippen molar-refractivity contribution in [3.05, 3.63) is 6.33 Å². The molecule has 0 fully saturated rings. The zero-order valence-corrected chi connectivity index (χ0v) is 9.01. The molecule has 0 bridgehead atoms. The van der Waals surface area contributed by atoms with E-state index in [0.717, 1.165) is 0 Å². The summed E-state index contributed by atoms with van der Waals surface area (Å²) in [7, 11) is 1.67. The molecule has 0 aliphatic rings. The van der Waals surface area contributed by atoms with Crippen molar-refractivity contribution in [1.82, 2.24) is 14.8 Å². The van der Waals surface area contributed by atoms with Crippen molar-refractivity contribution in [1.29, 1.82) is 0 Å². The zero-order valence-electron chi connectivity index (χ0n) is 9.01. The molecule has 1 rings (SSSR count). The van der Waals surface area contributed by atoms with Gasteiger partial charge in [0.2, 0.25) is 11.9 Å². The van der Waals surface area contributed by atoms with Crippen LogP contribution in [-0.4, -0.2) is 31.7 Å². The third-order valence-electron chi connectivity index (χ3n) is 2.01. The Morgan fingerprint density at radius 3 is 2.69 bits per heavy atom. The second-order valence-corrected chi connectivity index (χ2v) is 3.36. The van der Waals surface area contributed by atoms with Crippen LogP contribution in [-0.2, 0) is 16.6 Å². The maximum atomic E-state index is 11.4. The molecule has 0 unspecified atom stereocenters. The summed E-state index contributed by atoms with van der Waals surface area (Å²) < 4.78 is 1.45. The number of amides is 1. The number of unbranched alkanes of at least 4 members (excludes halogenated alkanes) is 1. The quantitative estimate of drug-likeness (QED) is 0.684. The lowest BCUT2D eigenvalue weighted by Crippen LogP contribution is -2.14. The number of hydrogen-bond acceptors (Lipinski definition) is 4. The van der Waals surface area contributed by atoms with E-state index >= 15 is 0 Å². The lowest BCUT2D eigenvalue weighted by molar-refractivity contribution is -0.137. The van der Waals surface area contributed by atoms with Gasteiger partial charge in [-0.3, -0.25) is 14.9 Å². The molecule has 2 N–H and O–H groups in total. The first-order chi connectivity index (χ1) is 7.59. The minimum Gasteiger partial charge on any atom is -0.481 e. The first kappa shape index (κ1) is 12.2. The average Bonchev–Trinajstić information content (AvgIpc) is 2.59. The Morgan fingerprint density at radius 1 is 1.44 bits per heavy atom. The highest BCUT2D eigenvalue weighted by atomic mass is 16.4. The van der Waals surface area contributed by atoms with Gasteiger partial charge in [0, 0.05) is 19.9 Å². The van der Waals surface area contributed by atoms with Gasteiger partial charge in [-0.2, -0.15) is 10.1 Å². The molecule has 0 aliphatic carbocycles. The Morgan fingerprint density at radius 2 is 2.12 bits per heavy atom. The standard InChI is InChI=1S/C9H14N4O3/c1-13-9(10-6-11-13)12-7(14)4-2-3-5-8(15)16/h6H,2-5H2,1H3,(H,15,16)(H,10,11,12,14). The van der Waals surface area contributed by atoms with E-state index in [4.69, 9.17) is 5.11 Å². The van der Waals surface area contributed by atoms with Crippen LogP contribution < -0.4 is 5.32 Å². The molecule has 0 atom stereocenters. The highest BCUT2D eigenvalue weighted by Gasteiger charge is 2.06. The molecule has 7 heteroatoms. The average molecular weight is 226 g/mol. The molecule has 0 saturated carbocycles. The van der Waals surface area contributed by atoms with Crippen LogP contribution in [0.5, 0.6) is 0 Å². The molecule has 0 saturated heterocycles. The summed E-state index contributed by atoms with van der Waals surface area (Å²) in [5, 5.41) is 14.8. The van der Waals surface area contributed by atoms with Crippen molar-refractivity contribution in [2.24, 2.45) is 7.05 Å². The van der Waals surface area contributed by atoms with Gasteiger partial charge in [-0.05, 0) is 12.8 Å². The number of nitrogens with one attached hydrogen (secondary N) is 1. The van der Waals surface area contributed by atoms with Crippen LogP contribution >= 0.6 is 0 Å². The van der Waals surface area contributed by atoms with E-state index in [1.807, 2.05) is 0 Å². The molecule has 1 aromatic heterocycles. The highest BCUT2D eigenvalue weighted by Crippen LogP contribution is 2.03. The Balaban J connectivity index is 2.21. The molecule has 88 valence electrons. The summed E-state index contributed by atoms with van der Waals surface area (Å²) >= 11 is 0. The third kappa shape index (κ3) is 4.07. The molecule has 0 aliphatic heterocycles. The predicted octanol–water partition coefficient (Wildman–Crippen LogP) is 0.399. The fourth-order valence-electron chi connectivity index (χ4n) is 1.16. The van der Waals surface area contributed by atoms with E-state index in [1.54, 1.807) is 7.05 Å². The van der Waals surface area contributed by atoms with Crippen LogP contribution in [0.1, 0.15) is 25.7 Å². The first-order valence-corrected chi connectivity index (χ1v) is 4.95. The number of aromatic nitrogens is 3. The largest absolute Gasteiger partial charge is 0.481 e. The maximum absolute atomic E-state index is 11.4. The normalized spacial score (nSPS) is 10.1. The maximum Gasteiger partial charge on any atom is 0.303 e. The highest BCUT2D eigenvalue weighted by molar-refractivity contribution is 5.88. The first-order valence-electron chi connectivity index (χ1n) is 4.95.